The van der Waals surface area contributed by atoms with E-state index in [0.29, 0.717) is 5.41 Å². The van der Waals surface area contributed by atoms with E-state index >= 15 is 0 Å². The lowest BCUT2D eigenvalue weighted by molar-refractivity contribution is 0.384. The highest BCUT2D eigenvalue weighted by atomic mass is 14.8. The SMILES string of the molecule is CC1=Nc2ccccc2C12CCCCC2. The van der Waals surface area contributed by atoms with E-state index < -0.39 is 0 Å². The Morgan fingerprint density at radius 2 is 1.80 bits per heavy atom. The van der Waals surface area contributed by atoms with Crippen molar-refractivity contribution in [3.8, 4) is 0 Å². The zero-order chi connectivity index (χ0) is 10.3. The average Bonchev–Trinajstić information content (AvgIpc) is 2.55. The Balaban J connectivity index is 2.13. The molecule has 0 unspecified atom stereocenters. The van der Waals surface area contributed by atoms with Crippen LogP contribution in [0.4, 0.5) is 5.69 Å². The quantitative estimate of drug-likeness (QED) is 0.599. The monoisotopic (exact) mass is 199 g/mol. The first-order valence-electron chi connectivity index (χ1n) is 5.98. The maximum absolute atomic E-state index is 4.75. The summed E-state index contributed by atoms with van der Waals surface area (Å²) in [6, 6.07) is 8.68. The molecule has 15 heavy (non-hydrogen) atoms. The van der Waals surface area contributed by atoms with Gasteiger partial charge in [-0.1, -0.05) is 37.5 Å². The van der Waals surface area contributed by atoms with E-state index in [0.717, 1.165) is 0 Å². The number of fused-ring (bicyclic) bond motifs is 2. The minimum atomic E-state index is 0.314. The van der Waals surface area contributed by atoms with E-state index in [2.05, 4.69) is 31.2 Å². The summed E-state index contributed by atoms with van der Waals surface area (Å²) < 4.78 is 0. The van der Waals surface area contributed by atoms with Crippen LogP contribution < -0.4 is 0 Å². The molecule has 0 radical (unpaired) electrons. The molecule has 0 atom stereocenters. The van der Waals surface area contributed by atoms with Gasteiger partial charge >= 0.3 is 0 Å². The predicted octanol–water partition coefficient (Wildman–Crippen LogP) is 3.99. The molecular weight excluding hydrogens is 182 g/mol. The van der Waals surface area contributed by atoms with Gasteiger partial charge in [0.25, 0.3) is 0 Å². The fraction of sp³-hybridized carbons (Fsp3) is 0.500. The van der Waals surface area contributed by atoms with Crippen LogP contribution in [-0.2, 0) is 5.41 Å². The van der Waals surface area contributed by atoms with E-state index in [1.54, 1.807) is 0 Å². The molecule has 78 valence electrons. The molecule has 1 saturated carbocycles. The predicted molar refractivity (Wildman–Crippen MR) is 64.0 cm³/mol. The number of hydrogen-bond donors (Lipinski definition) is 0. The molecule has 0 amide bonds. The topological polar surface area (TPSA) is 12.4 Å². The molecule has 3 rings (SSSR count). The van der Waals surface area contributed by atoms with Gasteiger partial charge < -0.3 is 0 Å². The van der Waals surface area contributed by atoms with E-state index in [1.165, 1.54) is 49.1 Å². The zero-order valence-electron chi connectivity index (χ0n) is 9.29. The van der Waals surface area contributed by atoms with Crippen molar-refractivity contribution in [2.45, 2.75) is 44.4 Å². The molecule has 1 aliphatic carbocycles. The van der Waals surface area contributed by atoms with Crippen LogP contribution in [0, 0.1) is 0 Å². The summed E-state index contributed by atoms with van der Waals surface area (Å²) in [7, 11) is 0. The fourth-order valence-corrected chi connectivity index (χ4v) is 3.24. The van der Waals surface area contributed by atoms with Crippen molar-refractivity contribution in [1.82, 2.24) is 0 Å². The number of benzene rings is 1. The Labute approximate surface area is 91.2 Å². The highest BCUT2D eigenvalue weighted by Gasteiger charge is 2.41. The second-order valence-electron chi connectivity index (χ2n) is 4.86. The van der Waals surface area contributed by atoms with Gasteiger partial charge in [0.15, 0.2) is 0 Å². The summed E-state index contributed by atoms with van der Waals surface area (Å²) in [5.41, 5.74) is 4.37. The Kier molecular flexibility index (Phi) is 1.95. The first-order chi connectivity index (χ1) is 7.33. The van der Waals surface area contributed by atoms with Crippen molar-refractivity contribution in [1.29, 1.82) is 0 Å². The average molecular weight is 199 g/mol. The molecule has 0 bridgehead atoms. The van der Waals surface area contributed by atoms with Crippen molar-refractivity contribution in [3.63, 3.8) is 0 Å². The molecule has 1 aromatic carbocycles. The summed E-state index contributed by atoms with van der Waals surface area (Å²) in [5, 5.41) is 0. The molecular formula is C14H17N. The molecule has 1 aliphatic heterocycles. The molecule has 1 heteroatoms. The molecule has 1 spiro atoms. The molecule has 1 nitrogen and oxygen atoms in total. The summed E-state index contributed by atoms with van der Waals surface area (Å²) in [4.78, 5) is 4.75. The van der Waals surface area contributed by atoms with Gasteiger partial charge in [-0.15, -0.1) is 0 Å². The molecule has 2 aliphatic rings. The van der Waals surface area contributed by atoms with Crippen LogP contribution in [0.2, 0.25) is 0 Å². The lowest BCUT2D eigenvalue weighted by atomic mass is 9.68. The standard InChI is InChI=1S/C14H17N/c1-11-14(9-5-2-6-10-14)12-7-3-4-8-13(12)15-11/h3-4,7-8H,2,5-6,9-10H2,1H3. The van der Waals surface area contributed by atoms with Gasteiger partial charge in [0.05, 0.1) is 5.69 Å². The second-order valence-corrected chi connectivity index (χ2v) is 4.86. The summed E-state index contributed by atoms with van der Waals surface area (Å²) in [6.07, 6.45) is 6.73. The highest BCUT2D eigenvalue weighted by Crippen LogP contribution is 2.48. The molecule has 0 saturated heterocycles. The zero-order valence-corrected chi connectivity index (χ0v) is 9.29. The number of rotatable bonds is 0. The van der Waals surface area contributed by atoms with Crippen molar-refractivity contribution in [2.24, 2.45) is 4.99 Å². The van der Waals surface area contributed by atoms with Gasteiger partial charge in [0.1, 0.15) is 0 Å². The molecule has 1 fully saturated rings. The number of nitrogens with zero attached hydrogens (tertiary/aromatic N) is 1. The van der Waals surface area contributed by atoms with Crippen molar-refractivity contribution in [3.05, 3.63) is 29.8 Å². The molecule has 0 N–H and O–H groups in total. The number of para-hydroxylation sites is 1. The van der Waals surface area contributed by atoms with Gasteiger partial charge in [-0.25, -0.2) is 0 Å². The lowest BCUT2D eigenvalue weighted by Crippen LogP contribution is -2.33. The fourth-order valence-electron chi connectivity index (χ4n) is 3.24. The Bertz CT molecular complexity index is 411. The van der Waals surface area contributed by atoms with Crippen LogP contribution in [-0.4, -0.2) is 5.71 Å². The van der Waals surface area contributed by atoms with Crippen molar-refractivity contribution < 1.29 is 0 Å². The van der Waals surface area contributed by atoms with Gasteiger partial charge in [-0.2, -0.15) is 0 Å². The van der Waals surface area contributed by atoms with Crippen molar-refractivity contribution in [2.75, 3.05) is 0 Å². The molecule has 1 heterocycles. The number of hydrogen-bond acceptors (Lipinski definition) is 1. The highest BCUT2D eigenvalue weighted by molar-refractivity contribution is 6.00. The molecule has 1 aromatic rings. The van der Waals surface area contributed by atoms with Gasteiger partial charge in [0.2, 0.25) is 0 Å². The van der Waals surface area contributed by atoms with Gasteiger partial charge in [-0.3, -0.25) is 4.99 Å². The Morgan fingerprint density at radius 3 is 2.60 bits per heavy atom. The van der Waals surface area contributed by atoms with Crippen LogP contribution in [0.1, 0.15) is 44.6 Å². The van der Waals surface area contributed by atoms with E-state index in [-0.39, 0.29) is 0 Å². The lowest BCUT2D eigenvalue weighted by Gasteiger charge is -2.34. The normalized spacial score (nSPS) is 22.6. The first-order valence-corrected chi connectivity index (χ1v) is 5.98. The minimum absolute atomic E-state index is 0.314. The first kappa shape index (κ1) is 9.14. The summed E-state index contributed by atoms with van der Waals surface area (Å²) in [6.45, 7) is 2.21. The summed E-state index contributed by atoms with van der Waals surface area (Å²) >= 11 is 0. The van der Waals surface area contributed by atoms with Crippen LogP contribution in [0.25, 0.3) is 0 Å². The van der Waals surface area contributed by atoms with E-state index in [9.17, 15) is 0 Å². The van der Waals surface area contributed by atoms with Gasteiger partial charge in [-0.05, 0) is 31.4 Å². The largest absolute Gasteiger partial charge is 0.257 e. The van der Waals surface area contributed by atoms with Crippen LogP contribution >= 0.6 is 0 Å². The van der Waals surface area contributed by atoms with Crippen molar-refractivity contribution >= 4 is 11.4 Å². The smallest absolute Gasteiger partial charge is 0.0670 e. The third kappa shape index (κ3) is 1.19. The summed E-state index contributed by atoms with van der Waals surface area (Å²) in [5.74, 6) is 0. The third-order valence-corrected chi connectivity index (χ3v) is 4.11. The maximum Gasteiger partial charge on any atom is 0.0670 e. The van der Waals surface area contributed by atoms with Crippen LogP contribution in [0.15, 0.2) is 29.3 Å². The Morgan fingerprint density at radius 1 is 1.07 bits per heavy atom. The molecule has 0 aromatic heterocycles. The van der Waals surface area contributed by atoms with Gasteiger partial charge in [0, 0.05) is 11.1 Å². The third-order valence-electron chi connectivity index (χ3n) is 4.11. The minimum Gasteiger partial charge on any atom is -0.257 e. The maximum atomic E-state index is 4.75. The van der Waals surface area contributed by atoms with E-state index in [4.69, 9.17) is 4.99 Å². The van der Waals surface area contributed by atoms with Crippen LogP contribution in [0.5, 0.6) is 0 Å². The Hall–Kier alpha value is -1.11. The number of aliphatic imine (C=N–C) groups is 1. The van der Waals surface area contributed by atoms with E-state index in [1.807, 2.05) is 0 Å². The van der Waals surface area contributed by atoms with Crippen LogP contribution in [0.3, 0.4) is 0 Å². The second kappa shape index (κ2) is 3.19.